The van der Waals surface area contributed by atoms with Crippen LogP contribution in [0.25, 0.3) is 0 Å². The minimum Gasteiger partial charge on any atom is -0.461 e. The number of hydrogen-bond donors (Lipinski definition) is 1. The second-order valence-electron chi connectivity index (χ2n) is 2.13. The third-order valence-electron chi connectivity index (χ3n) is 1.23. The highest BCUT2D eigenvalue weighted by Crippen LogP contribution is 2.21. The van der Waals surface area contributed by atoms with Gasteiger partial charge in [0.2, 0.25) is 0 Å². The van der Waals surface area contributed by atoms with Crippen LogP contribution in [0.15, 0.2) is 29.2 Å². The molecule has 0 atom stereocenters. The number of nitrogen functional groups attached to an aromatic ring is 1. The molecule has 1 aromatic rings. The van der Waals surface area contributed by atoms with Crippen molar-refractivity contribution in [3.8, 4) is 0 Å². The highest BCUT2D eigenvalue weighted by molar-refractivity contribution is 8.13. The van der Waals surface area contributed by atoms with Crippen molar-refractivity contribution in [1.29, 1.82) is 0 Å². The Kier molecular flexibility index (Phi) is 2.99. The molecule has 1 rings (SSSR count). The molecule has 1 aromatic carbocycles. The summed E-state index contributed by atoms with van der Waals surface area (Å²) in [5.74, 6) is 0. The molecule has 0 unspecified atom stereocenters. The Balaban J connectivity index is 2.69. The van der Waals surface area contributed by atoms with E-state index in [1.54, 1.807) is 24.3 Å². The zero-order chi connectivity index (χ0) is 8.97. The van der Waals surface area contributed by atoms with Gasteiger partial charge >= 0.3 is 5.30 Å². The molecule has 3 nitrogen and oxygen atoms in total. The predicted octanol–water partition coefficient (Wildman–Crippen LogP) is 2.13. The Morgan fingerprint density at radius 2 is 2.33 bits per heavy atom. The summed E-state index contributed by atoms with van der Waals surface area (Å²) in [4.78, 5) is 11.6. The van der Waals surface area contributed by atoms with Gasteiger partial charge in [-0.25, -0.2) is 4.79 Å². The highest BCUT2D eigenvalue weighted by Gasteiger charge is 2.02. The average molecular weight is 183 g/mol. The van der Waals surface area contributed by atoms with Crippen molar-refractivity contribution in [2.24, 2.45) is 0 Å². The molecule has 0 amide bonds. The molecule has 4 heteroatoms. The summed E-state index contributed by atoms with van der Waals surface area (Å²) in [6, 6.07) is 7.08. The number of rotatable bonds is 1. The van der Waals surface area contributed by atoms with E-state index < -0.39 is 0 Å². The molecular weight excluding hydrogens is 174 g/mol. The van der Waals surface area contributed by atoms with E-state index in [1.165, 1.54) is 7.11 Å². The number of nitrogens with two attached hydrogens (primary N) is 1. The van der Waals surface area contributed by atoms with Gasteiger partial charge in [-0.2, -0.15) is 0 Å². The molecule has 0 aliphatic rings. The average Bonchev–Trinajstić information content (AvgIpc) is 2.04. The number of ether oxygens (including phenoxy) is 1. The van der Waals surface area contributed by atoms with Gasteiger partial charge in [-0.05, 0) is 30.0 Å². The molecule has 0 aliphatic carbocycles. The molecule has 0 aliphatic heterocycles. The SMILES string of the molecule is COC(=O)Sc1cccc(N)c1. The van der Waals surface area contributed by atoms with Crippen molar-refractivity contribution < 1.29 is 9.53 Å². The molecule has 64 valence electrons. The van der Waals surface area contributed by atoms with Crippen LogP contribution in [0, 0.1) is 0 Å². The minimum absolute atomic E-state index is 0.333. The van der Waals surface area contributed by atoms with Crippen LogP contribution >= 0.6 is 11.8 Å². The number of anilines is 1. The quantitative estimate of drug-likeness (QED) is 0.411. The van der Waals surface area contributed by atoms with E-state index in [0.29, 0.717) is 5.69 Å². The zero-order valence-electron chi connectivity index (χ0n) is 6.61. The zero-order valence-corrected chi connectivity index (χ0v) is 7.43. The van der Waals surface area contributed by atoms with E-state index in [9.17, 15) is 4.79 Å². The standard InChI is InChI=1S/C8H9NO2S/c1-11-8(10)12-7-4-2-3-6(9)5-7/h2-5H,9H2,1H3. The first-order valence-corrected chi connectivity index (χ1v) is 4.15. The first-order valence-electron chi connectivity index (χ1n) is 3.33. The van der Waals surface area contributed by atoms with Crippen LogP contribution in [0.5, 0.6) is 0 Å². The number of benzene rings is 1. The van der Waals surface area contributed by atoms with E-state index in [-0.39, 0.29) is 5.30 Å². The molecule has 0 bridgehead atoms. The Morgan fingerprint density at radius 3 is 2.92 bits per heavy atom. The summed E-state index contributed by atoms with van der Waals surface area (Å²) < 4.78 is 4.48. The molecule has 0 radical (unpaired) electrons. The molecule has 0 heterocycles. The van der Waals surface area contributed by atoms with Gasteiger partial charge in [-0.15, -0.1) is 0 Å². The summed E-state index contributed by atoms with van der Waals surface area (Å²) in [5.41, 5.74) is 6.15. The lowest BCUT2D eigenvalue weighted by atomic mass is 10.3. The Labute approximate surface area is 74.9 Å². The summed E-state index contributed by atoms with van der Waals surface area (Å²) in [6.45, 7) is 0. The summed E-state index contributed by atoms with van der Waals surface area (Å²) in [6.07, 6.45) is 0. The van der Waals surface area contributed by atoms with Crippen molar-refractivity contribution in [2.45, 2.75) is 4.90 Å². The number of thioether (sulfide) groups is 1. The van der Waals surface area contributed by atoms with Crippen molar-refractivity contribution >= 4 is 22.8 Å². The third-order valence-corrected chi connectivity index (χ3v) is 2.05. The summed E-state index contributed by atoms with van der Waals surface area (Å²) in [5, 5.41) is -0.333. The Morgan fingerprint density at radius 1 is 1.58 bits per heavy atom. The molecule has 2 N–H and O–H groups in total. The van der Waals surface area contributed by atoms with Crippen molar-refractivity contribution in [1.82, 2.24) is 0 Å². The molecular formula is C8H9NO2S. The fourth-order valence-corrected chi connectivity index (χ4v) is 1.33. The molecule has 0 aromatic heterocycles. The van der Waals surface area contributed by atoms with E-state index in [0.717, 1.165) is 16.7 Å². The van der Waals surface area contributed by atoms with Gasteiger partial charge in [0.1, 0.15) is 0 Å². The van der Waals surface area contributed by atoms with Crippen LogP contribution in [0.1, 0.15) is 0 Å². The van der Waals surface area contributed by atoms with Gasteiger partial charge in [-0.1, -0.05) is 6.07 Å². The van der Waals surface area contributed by atoms with Crippen LogP contribution in [0.2, 0.25) is 0 Å². The predicted molar refractivity (Wildman–Crippen MR) is 49.1 cm³/mol. The lowest BCUT2D eigenvalue weighted by molar-refractivity contribution is 0.200. The molecule has 0 saturated heterocycles. The van der Waals surface area contributed by atoms with E-state index in [4.69, 9.17) is 5.73 Å². The summed E-state index contributed by atoms with van der Waals surface area (Å²) in [7, 11) is 1.35. The summed E-state index contributed by atoms with van der Waals surface area (Å²) >= 11 is 1.02. The fraction of sp³-hybridized carbons (Fsp3) is 0.125. The number of hydrogen-bond acceptors (Lipinski definition) is 4. The molecule has 0 spiro atoms. The fourth-order valence-electron chi connectivity index (χ4n) is 0.716. The third kappa shape index (κ3) is 2.47. The largest absolute Gasteiger partial charge is 0.461 e. The van der Waals surface area contributed by atoms with Gasteiger partial charge in [0.05, 0.1) is 7.11 Å². The van der Waals surface area contributed by atoms with Crippen LogP contribution in [0.3, 0.4) is 0 Å². The molecule has 0 fully saturated rings. The van der Waals surface area contributed by atoms with Gasteiger partial charge in [-0.3, -0.25) is 0 Å². The van der Waals surface area contributed by atoms with E-state index in [2.05, 4.69) is 4.74 Å². The number of carbonyl (C=O) groups is 1. The Bertz CT molecular complexity index is 288. The van der Waals surface area contributed by atoms with Gasteiger partial charge in [0, 0.05) is 10.6 Å². The monoisotopic (exact) mass is 183 g/mol. The van der Waals surface area contributed by atoms with Crippen LogP contribution < -0.4 is 5.73 Å². The van der Waals surface area contributed by atoms with Gasteiger partial charge in [0.15, 0.2) is 0 Å². The van der Waals surface area contributed by atoms with Crippen molar-refractivity contribution in [3.05, 3.63) is 24.3 Å². The van der Waals surface area contributed by atoms with Crippen molar-refractivity contribution in [3.63, 3.8) is 0 Å². The van der Waals surface area contributed by atoms with Gasteiger partial charge in [0.25, 0.3) is 0 Å². The number of carbonyl (C=O) groups excluding carboxylic acids is 1. The topological polar surface area (TPSA) is 52.3 Å². The maximum Gasteiger partial charge on any atom is 0.371 e. The lowest BCUT2D eigenvalue weighted by Gasteiger charge is -1.99. The van der Waals surface area contributed by atoms with Crippen molar-refractivity contribution in [2.75, 3.05) is 12.8 Å². The van der Waals surface area contributed by atoms with Crippen LogP contribution in [-0.4, -0.2) is 12.4 Å². The lowest BCUT2D eigenvalue weighted by Crippen LogP contribution is -1.90. The van der Waals surface area contributed by atoms with Crippen LogP contribution in [0.4, 0.5) is 10.5 Å². The highest BCUT2D eigenvalue weighted by atomic mass is 32.2. The first kappa shape index (κ1) is 8.93. The Hall–Kier alpha value is -1.16. The van der Waals surface area contributed by atoms with E-state index >= 15 is 0 Å². The van der Waals surface area contributed by atoms with Gasteiger partial charge < -0.3 is 10.5 Å². The minimum atomic E-state index is -0.333. The smallest absolute Gasteiger partial charge is 0.371 e. The first-order chi connectivity index (χ1) is 5.72. The normalized spacial score (nSPS) is 9.42. The second-order valence-corrected chi connectivity index (χ2v) is 3.14. The van der Waals surface area contributed by atoms with E-state index in [1.807, 2.05) is 0 Å². The van der Waals surface area contributed by atoms with Crippen LogP contribution in [-0.2, 0) is 4.74 Å². The maximum absolute atomic E-state index is 10.8. The molecule has 0 saturated carbocycles. The number of methoxy groups -OCH3 is 1. The maximum atomic E-state index is 10.8. The second kappa shape index (κ2) is 4.01. The molecule has 12 heavy (non-hydrogen) atoms.